The minimum atomic E-state index is 0.166. The molecule has 3 N–H and O–H groups in total. The Labute approximate surface area is 123 Å². The van der Waals surface area contributed by atoms with Gasteiger partial charge in [-0.15, -0.1) is 0 Å². The number of phenolic OH excluding ortho intramolecular Hbond substituents is 1. The van der Waals surface area contributed by atoms with Crippen molar-refractivity contribution in [3.8, 4) is 5.75 Å². The number of anilines is 1. The fourth-order valence-electron chi connectivity index (χ4n) is 2.04. The maximum Gasteiger partial charge on any atom is 0.124 e. The maximum absolute atomic E-state index is 10.0. The van der Waals surface area contributed by atoms with E-state index in [2.05, 4.69) is 4.99 Å². The Hall–Kier alpha value is -2.00. The van der Waals surface area contributed by atoms with Crippen LogP contribution in [0, 0.1) is 20.8 Å². The Balaban J connectivity index is 2.44. The monoisotopic (exact) mass is 288 g/mol. The van der Waals surface area contributed by atoms with Crippen molar-refractivity contribution in [2.24, 2.45) is 4.99 Å². The van der Waals surface area contributed by atoms with Crippen LogP contribution in [0.5, 0.6) is 5.75 Å². The second kappa shape index (κ2) is 5.55. The highest BCUT2D eigenvalue weighted by molar-refractivity contribution is 6.32. The maximum atomic E-state index is 10.0. The van der Waals surface area contributed by atoms with Crippen molar-refractivity contribution >= 4 is 29.2 Å². The molecule has 0 saturated heterocycles. The van der Waals surface area contributed by atoms with Crippen LogP contribution < -0.4 is 5.73 Å². The van der Waals surface area contributed by atoms with E-state index in [1.165, 1.54) is 0 Å². The molecule has 2 aromatic carbocycles. The van der Waals surface area contributed by atoms with E-state index in [-0.39, 0.29) is 5.75 Å². The molecule has 0 fully saturated rings. The number of benzene rings is 2. The zero-order valence-corrected chi connectivity index (χ0v) is 12.5. The van der Waals surface area contributed by atoms with Crippen molar-refractivity contribution in [3.05, 3.63) is 51.5 Å². The molecule has 2 aromatic rings. The molecule has 0 atom stereocenters. The lowest BCUT2D eigenvalue weighted by atomic mass is 10.0. The summed E-state index contributed by atoms with van der Waals surface area (Å²) in [4.78, 5) is 4.34. The molecule has 0 aliphatic carbocycles. The summed E-state index contributed by atoms with van der Waals surface area (Å²) >= 11 is 6.19. The first-order valence-electron chi connectivity index (χ1n) is 6.29. The Morgan fingerprint density at radius 2 is 1.90 bits per heavy atom. The van der Waals surface area contributed by atoms with Gasteiger partial charge in [-0.05, 0) is 55.7 Å². The summed E-state index contributed by atoms with van der Waals surface area (Å²) in [6.45, 7) is 5.68. The molecule has 2 rings (SSSR count). The standard InChI is InChI=1S/C16H17ClN2O/c1-9-4-5-14(13(18)6-9)19-8-12-11(3)16(17)10(2)7-15(12)20/h4-8,20H,18H2,1-3H3. The smallest absolute Gasteiger partial charge is 0.124 e. The molecule has 3 nitrogen and oxygen atoms in total. The van der Waals surface area contributed by atoms with Crippen molar-refractivity contribution in [2.75, 3.05) is 5.73 Å². The predicted molar refractivity (Wildman–Crippen MR) is 85.4 cm³/mol. The third-order valence-electron chi connectivity index (χ3n) is 3.22. The van der Waals surface area contributed by atoms with Gasteiger partial charge in [0.15, 0.2) is 0 Å². The first-order chi connectivity index (χ1) is 9.40. The number of phenols is 1. The summed E-state index contributed by atoms with van der Waals surface area (Å²) in [5.41, 5.74) is 10.5. The first kappa shape index (κ1) is 14.4. The van der Waals surface area contributed by atoms with Gasteiger partial charge in [0.1, 0.15) is 5.75 Å². The molecule has 0 unspecified atom stereocenters. The number of nitrogens with two attached hydrogens (primary N) is 1. The summed E-state index contributed by atoms with van der Waals surface area (Å²) in [5.74, 6) is 0.166. The average molecular weight is 289 g/mol. The Morgan fingerprint density at radius 1 is 1.20 bits per heavy atom. The van der Waals surface area contributed by atoms with E-state index in [0.717, 1.165) is 16.7 Å². The van der Waals surface area contributed by atoms with Crippen LogP contribution >= 0.6 is 11.6 Å². The minimum absolute atomic E-state index is 0.166. The molecule has 0 aliphatic rings. The lowest BCUT2D eigenvalue weighted by Crippen LogP contribution is -1.93. The van der Waals surface area contributed by atoms with E-state index in [1.54, 1.807) is 12.3 Å². The molecule has 0 aliphatic heterocycles. The second-order valence-corrected chi connectivity index (χ2v) is 5.26. The third-order valence-corrected chi connectivity index (χ3v) is 3.81. The average Bonchev–Trinajstić information content (AvgIpc) is 2.38. The van der Waals surface area contributed by atoms with Crippen LogP contribution in [0.2, 0.25) is 5.02 Å². The number of hydrogen-bond acceptors (Lipinski definition) is 3. The zero-order chi connectivity index (χ0) is 14.9. The third kappa shape index (κ3) is 2.78. The van der Waals surface area contributed by atoms with E-state index in [0.29, 0.717) is 22.0 Å². The minimum Gasteiger partial charge on any atom is -0.507 e. The molecule has 0 heterocycles. The molecule has 4 heteroatoms. The Bertz CT molecular complexity index is 693. The molecule has 0 aromatic heterocycles. The lowest BCUT2D eigenvalue weighted by Gasteiger charge is -2.09. The van der Waals surface area contributed by atoms with Crippen molar-refractivity contribution in [1.82, 2.24) is 0 Å². The van der Waals surface area contributed by atoms with Gasteiger partial charge in [-0.3, -0.25) is 4.99 Å². The number of halogens is 1. The molecule has 0 spiro atoms. The second-order valence-electron chi connectivity index (χ2n) is 4.89. The quantitative estimate of drug-likeness (QED) is 0.639. The largest absolute Gasteiger partial charge is 0.507 e. The molecule has 0 bridgehead atoms. The number of nitrogens with zero attached hydrogens (tertiary/aromatic N) is 1. The Kier molecular flexibility index (Phi) is 4.00. The van der Waals surface area contributed by atoms with Crippen LogP contribution in [0.4, 0.5) is 11.4 Å². The van der Waals surface area contributed by atoms with Gasteiger partial charge in [-0.1, -0.05) is 17.7 Å². The van der Waals surface area contributed by atoms with Crippen LogP contribution in [-0.2, 0) is 0 Å². The molecule has 20 heavy (non-hydrogen) atoms. The van der Waals surface area contributed by atoms with Crippen molar-refractivity contribution in [1.29, 1.82) is 0 Å². The number of aromatic hydroxyl groups is 1. The molecule has 0 amide bonds. The van der Waals surface area contributed by atoms with Crippen LogP contribution in [0.3, 0.4) is 0 Å². The fourth-order valence-corrected chi connectivity index (χ4v) is 2.20. The lowest BCUT2D eigenvalue weighted by molar-refractivity contribution is 0.473. The van der Waals surface area contributed by atoms with E-state index in [9.17, 15) is 5.11 Å². The van der Waals surface area contributed by atoms with E-state index in [4.69, 9.17) is 17.3 Å². The molecule has 104 valence electrons. The fraction of sp³-hybridized carbons (Fsp3) is 0.188. The highest BCUT2D eigenvalue weighted by atomic mass is 35.5. The first-order valence-corrected chi connectivity index (χ1v) is 6.67. The highest BCUT2D eigenvalue weighted by Crippen LogP contribution is 2.30. The number of aliphatic imine (C=N–C) groups is 1. The summed E-state index contributed by atoms with van der Waals surface area (Å²) < 4.78 is 0. The highest BCUT2D eigenvalue weighted by Gasteiger charge is 2.09. The van der Waals surface area contributed by atoms with E-state index < -0.39 is 0 Å². The van der Waals surface area contributed by atoms with Gasteiger partial charge >= 0.3 is 0 Å². The van der Waals surface area contributed by atoms with Gasteiger partial charge in [0.05, 0.1) is 11.4 Å². The van der Waals surface area contributed by atoms with Gasteiger partial charge in [0.25, 0.3) is 0 Å². The van der Waals surface area contributed by atoms with Crippen molar-refractivity contribution in [2.45, 2.75) is 20.8 Å². The van der Waals surface area contributed by atoms with Gasteiger partial charge in [0, 0.05) is 16.8 Å². The van der Waals surface area contributed by atoms with Crippen molar-refractivity contribution in [3.63, 3.8) is 0 Å². The molecule has 0 saturated carbocycles. The summed E-state index contributed by atoms with van der Waals surface area (Å²) in [6.07, 6.45) is 1.59. The van der Waals surface area contributed by atoms with Crippen LogP contribution in [0.1, 0.15) is 22.3 Å². The molecular weight excluding hydrogens is 272 g/mol. The number of nitrogen functional groups attached to an aromatic ring is 1. The summed E-state index contributed by atoms with van der Waals surface area (Å²) in [5, 5.41) is 10.6. The van der Waals surface area contributed by atoms with Crippen LogP contribution in [0.15, 0.2) is 29.3 Å². The number of aryl methyl sites for hydroxylation is 2. The predicted octanol–water partition coefficient (Wildman–Crippen LogP) is 4.30. The topological polar surface area (TPSA) is 58.6 Å². The van der Waals surface area contributed by atoms with Crippen LogP contribution in [0.25, 0.3) is 0 Å². The number of rotatable bonds is 2. The molecular formula is C16H17ClN2O. The van der Waals surface area contributed by atoms with Gasteiger partial charge in [-0.25, -0.2) is 0 Å². The van der Waals surface area contributed by atoms with Crippen molar-refractivity contribution < 1.29 is 5.11 Å². The van der Waals surface area contributed by atoms with Gasteiger partial charge in [0.2, 0.25) is 0 Å². The van der Waals surface area contributed by atoms with Crippen LogP contribution in [-0.4, -0.2) is 11.3 Å². The summed E-state index contributed by atoms with van der Waals surface area (Å²) in [6, 6.07) is 7.29. The van der Waals surface area contributed by atoms with E-state index >= 15 is 0 Å². The normalized spacial score (nSPS) is 11.2. The summed E-state index contributed by atoms with van der Waals surface area (Å²) in [7, 11) is 0. The molecule has 0 radical (unpaired) electrons. The SMILES string of the molecule is Cc1ccc(N=Cc2c(O)cc(C)c(Cl)c2C)c(N)c1. The zero-order valence-electron chi connectivity index (χ0n) is 11.7. The van der Waals surface area contributed by atoms with Gasteiger partial charge < -0.3 is 10.8 Å². The number of hydrogen-bond donors (Lipinski definition) is 2. The van der Waals surface area contributed by atoms with E-state index in [1.807, 2.05) is 39.0 Å². The van der Waals surface area contributed by atoms with Gasteiger partial charge in [-0.2, -0.15) is 0 Å². The Morgan fingerprint density at radius 3 is 2.55 bits per heavy atom.